The maximum absolute atomic E-state index is 7.41. The number of nitrogens with two attached hydrogens (primary N) is 1. The molecule has 1 aromatic carbocycles. The van der Waals surface area contributed by atoms with Crippen molar-refractivity contribution in [2.24, 2.45) is 0 Å². The summed E-state index contributed by atoms with van der Waals surface area (Å²) in [7, 11) is 0. The van der Waals surface area contributed by atoms with Crippen LogP contribution >= 0.6 is 11.6 Å². The average Bonchev–Trinajstić information content (AvgIpc) is 1.97. The van der Waals surface area contributed by atoms with E-state index in [0.717, 1.165) is 11.1 Å². The van der Waals surface area contributed by atoms with Crippen molar-refractivity contribution in [3.8, 4) is 0 Å². The fraction of sp³-hybridized carbons (Fsp3) is 0.250. The number of hydrogen-bond acceptors (Lipinski definition) is 1. The molecule has 0 aliphatic heterocycles. The van der Waals surface area contributed by atoms with Gasteiger partial charge in [-0.2, -0.15) is 0 Å². The van der Waals surface area contributed by atoms with Crippen LogP contribution in [0.25, 0.3) is 0 Å². The molecule has 0 unspecified atom stereocenters. The van der Waals surface area contributed by atoms with Gasteiger partial charge in [0.05, 0.1) is 1.37 Å². The lowest BCUT2D eigenvalue weighted by atomic mass is 10.1. The van der Waals surface area contributed by atoms with Crippen molar-refractivity contribution in [3.05, 3.63) is 28.3 Å². The highest BCUT2D eigenvalue weighted by molar-refractivity contribution is 6.31. The van der Waals surface area contributed by atoms with Crippen LogP contribution in [0.4, 0.5) is 5.69 Å². The van der Waals surface area contributed by atoms with Crippen LogP contribution in [0.5, 0.6) is 0 Å². The molecule has 1 nitrogen and oxygen atoms in total. The first-order valence-corrected chi connectivity index (χ1v) is 3.43. The first kappa shape index (κ1) is 6.05. The van der Waals surface area contributed by atoms with Gasteiger partial charge in [0, 0.05) is 10.7 Å². The van der Waals surface area contributed by atoms with Gasteiger partial charge in [-0.15, -0.1) is 0 Å². The van der Waals surface area contributed by atoms with E-state index in [9.17, 15) is 0 Å². The molecular weight excluding hydrogens is 146 g/mol. The molecule has 0 saturated heterocycles. The van der Waals surface area contributed by atoms with Gasteiger partial charge in [-0.3, -0.25) is 0 Å². The van der Waals surface area contributed by atoms with Crippen molar-refractivity contribution in [1.82, 2.24) is 0 Å². The first-order chi connectivity index (χ1) is 5.04. The van der Waals surface area contributed by atoms with Gasteiger partial charge < -0.3 is 5.73 Å². The molecule has 1 rings (SSSR count). The van der Waals surface area contributed by atoms with Gasteiger partial charge in [-0.25, -0.2) is 0 Å². The largest absolute Gasteiger partial charge is 0.398 e. The lowest BCUT2D eigenvalue weighted by Crippen LogP contribution is -1.93. The van der Waals surface area contributed by atoms with Crippen LogP contribution in [-0.2, 0) is 0 Å². The molecule has 0 spiro atoms. The molecule has 2 N–H and O–H groups in total. The second-order valence-electron chi connectivity index (χ2n) is 2.32. The highest BCUT2D eigenvalue weighted by Crippen LogP contribution is 2.23. The topological polar surface area (TPSA) is 26.0 Å². The van der Waals surface area contributed by atoms with Gasteiger partial charge in [-0.05, 0) is 31.0 Å². The monoisotopic (exact) mass is 156 g/mol. The van der Waals surface area contributed by atoms with E-state index in [1.807, 2.05) is 13.8 Å². The number of halogens is 1. The molecule has 54 valence electrons. The molecule has 0 radical (unpaired) electrons. The van der Waals surface area contributed by atoms with Crippen LogP contribution in [0.3, 0.4) is 0 Å². The van der Waals surface area contributed by atoms with Crippen molar-refractivity contribution >= 4 is 17.3 Å². The Balaban J connectivity index is 3.46. The zero-order valence-electron chi connectivity index (χ0n) is 7.03. The van der Waals surface area contributed by atoms with Gasteiger partial charge in [0.2, 0.25) is 0 Å². The molecule has 0 amide bonds. The molecule has 0 atom stereocenters. The Kier molecular flexibility index (Phi) is 1.52. The maximum atomic E-state index is 7.41. The molecule has 0 aliphatic rings. The molecule has 0 fully saturated rings. The van der Waals surface area contributed by atoms with Crippen molar-refractivity contribution in [2.45, 2.75) is 13.8 Å². The highest BCUT2D eigenvalue weighted by Gasteiger charge is 2.00. The summed E-state index contributed by atoms with van der Waals surface area (Å²) in [6.45, 7) is 3.69. The van der Waals surface area contributed by atoms with Gasteiger partial charge >= 0.3 is 0 Å². The number of hydrogen-bond donors (Lipinski definition) is 1. The van der Waals surface area contributed by atoms with Crippen LogP contribution in [0.15, 0.2) is 12.1 Å². The van der Waals surface area contributed by atoms with Crippen LogP contribution < -0.4 is 5.73 Å². The number of rotatable bonds is 0. The lowest BCUT2D eigenvalue weighted by molar-refractivity contribution is 1.39. The summed E-state index contributed by atoms with van der Waals surface area (Å²) in [4.78, 5) is 0. The molecule has 0 bridgehead atoms. The van der Waals surface area contributed by atoms with Crippen molar-refractivity contribution in [3.63, 3.8) is 0 Å². The normalized spacial score (nSPS) is 11.3. The Hall–Kier alpha value is -0.690. The minimum absolute atomic E-state index is 0.343. The van der Waals surface area contributed by atoms with E-state index in [1.54, 1.807) is 6.07 Å². The summed E-state index contributed by atoms with van der Waals surface area (Å²) in [5.74, 6) is 0. The summed E-state index contributed by atoms with van der Waals surface area (Å²) < 4.78 is 7.41. The molecule has 2 heteroatoms. The summed E-state index contributed by atoms with van der Waals surface area (Å²) in [6, 6.07) is 2.01. The lowest BCUT2D eigenvalue weighted by Gasteiger charge is -2.04. The van der Waals surface area contributed by atoms with Crippen LogP contribution in [0.1, 0.15) is 12.5 Å². The third-order valence-electron chi connectivity index (χ3n) is 1.57. The Bertz CT molecular complexity index is 270. The second kappa shape index (κ2) is 2.51. The van der Waals surface area contributed by atoms with Crippen molar-refractivity contribution in [1.29, 1.82) is 0 Å². The van der Waals surface area contributed by atoms with Crippen molar-refractivity contribution in [2.75, 3.05) is 5.73 Å². The first-order valence-electron chi connectivity index (χ1n) is 3.56. The Morgan fingerprint density at radius 2 is 2.20 bits per heavy atom. The second-order valence-corrected chi connectivity index (χ2v) is 2.70. The minimum atomic E-state index is 0.343. The average molecular weight is 157 g/mol. The van der Waals surface area contributed by atoms with E-state index in [0.29, 0.717) is 16.8 Å². The van der Waals surface area contributed by atoms with Gasteiger partial charge in [-0.1, -0.05) is 17.7 Å². The van der Waals surface area contributed by atoms with E-state index < -0.39 is 0 Å². The van der Waals surface area contributed by atoms with E-state index in [-0.39, 0.29) is 0 Å². The van der Waals surface area contributed by atoms with Gasteiger partial charge in [0.15, 0.2) is 0 Å². The predicted molar refractivity (Wildman–Crippen MR) is 45.3 cm³/mol. The summed E-state index contributed by atoms with van der Waals surface area (Å²) in [6.07, 6.45) is 0. The zero-order chi connectivity index (χ0) is 8.59. The number of benzene rings is 1. The fourth-order valence-electron chi connectivity index (χ4n) is 0.772. The summed E-state index contributed by atoms with van der Waals surface area (Å²) in [5.41, 5.74) is 8.09. The van der Waals surface area contributed by atoms with Crippen molar-refractivity contribution < 1.29 is 1.37 Å². The quantitative estimate of drug-likeness (QED) is 0.574. The molecule has 1 aromatic rings. The SMILES string of the molecule is [2H]c1cc(C)c(N)c(C)c1Cl. The summed E-state index contributed by atoms with van der Waals surface area (Å²) >= 11 is 5.79. The molecule has 0 aliphatic carbocycles. The van der Waals surface area contributed by atoms with E-state index in [1.165, 1.54) is 0 Å². The zero-order valence-corrected chi connectivity index (χ0v) is 6.79. The third-order valence-corrected chi connectivity index (χ3v) is 1.97. The molecular formula is C8H10ClN. The van der Waals surface area contributed by atoms with E-state index in [2.05, 4.69) is 0 Å². The van der Waals surface area contributed by atoms with E-state index in [4.69, 9.17) is 18.7 Å². The molecule has 0 saturated carbocycles. The Morgan fingerprint density at radius 1 is 1.60 bits per heavy atom. The molecule has 10 heavy (non-hydrogen) atoms. The number of aryl methyl sites for hydroxylation is 1. The van der Waals surface area contributed by atoms with Gasteiger partial charge in [0.25, 0.3) is 0 Å². The smallest absolute Gasteiger partial charge is 0.0639 e. The fourth-order valence-corrected chi connectivity index (χ4v) is 0.928. The van der Waals surface area contributed by atoms with Crippen LogP contribution in [0.2, 0.25) is 5.02 Å². The van der Waals surface area contributed by atoms with E-state index >= 15 is 0 Å². The molecule has 0 aromatic heterocycles. The van der Waals surface area contributed by atoms with Crippen LogP contribution in [0, 0.1) is 13.8 Å². The van der Waals surface area contributed by atoms with Crippen LogP contribution in [-0.4, -0.2) is 0 Å². The Labute approximate surface area is 67.2 Å². The highest BCUT2D eigenvalue weighted by atomic mass is 35.5. The van der Waals surface area contributed by atoms with Gasteiger partial charge in [0.1, 0.15) is 0 Å². The predicted octanol–water partition coefficient (Wildman–Crippen LogP) is 2.54. The molecule has 0 heterocycles. The number of anilines is 1. The third kappa shape index (κ3) is 1.09. The summed E-state index contributed by atoms with van der Waals surface area (Å²) in [5, 5.41) is 0.452. The number of nitrogen functional groups attached to an aromatic ring is 1. The Morgan fingerprint density at radius 3 is 2.80 bits per heavy atom. The minimum Gasteiger partial charge on any atom is -0.398 e. The maximum Gasteiger partial charge on any atom is 0.0639 e. The standard InChI is InChI=1S/C8H10ClN/c1-5-3-4-7(9)6(2)8(5)10/h3-4H,10H2,1-2H3/i4D.